The fourth-order valence-electron chi connectivity index (χ4n) is 14.7. The van der Waals surface area contributed by atoms with Gasteiger partial charge in [0.1, 0.15) is 11.3 Å². The lowest BCUT2D eigenvalue weighted by molar-refractivity contribution is 0.445. The van der Waals surface area contributed by atoms with Crippen molar-refractivity contribution in [2.24, 2.45) is 0 Å². The number of aromatic hydroxyl groups is 1. The van der Waals surface area contributed by atoms with E-state index in [-0.39, 0.29) is 5.75 Å². The molecule has 1 aliphatic rings. The van der Waals surface area contributed by atoms with Crippen LogP contribution >= 0.6 is 0 Å². The second kappa shape index (κ2) is 22.7. The maximum absolute atomic E-state index is 13.2. The Labute approximate surface area is 507 Å². The molecule has 0 aliphatic heterocycles. The molecular formula is C82H76N2O2. The van der Waals surface area contributed by atoms with Gasteiger partial charge in [-0.3, -0.25) is 0 Å². The summed E-state index contributed by atoms with van der Waals surface area (Å²) in [7, 11) is 0. The molecule has 14 rings (SSSR count). The van der Waals surface area contributed by atoms with Crippen molar-refractivity contribution in [3.63, 3.8) is 0 Å². The molecule has 4 nitrogen and oxygen atoms in total. The molecule has 1 N–H and O–H groups in total. The molecule has 0 radical (unpaired) electrons. The van der Waals surface area contributed by atoms with Gasteiger partial charge in [0.2, 0.25) is 0 Å². The number of anilines is 6. The van der Waals surface area contributed by atoms with Crippen molar-refractivity contribution in [1.82, 2.24) is 0 Å². The number of nitrogens with zero attached hydrogens (tertiary/aromatic N) is 2. The van der Waals surface area contributed by atoms with Crippen LogP contribution in [-0.2, 0) is 0 Å². The van der Waals surface area contributed by atoms with Gasteiger partial charge >= 0.3 is 0 Å². The highest BCUT2D eigenvalue weighted by molar-refractivity contribution is 6.30. The van der Waals surface area contributed by atoms with Crippen LogP contribution in [0, 0.1) is 34.6 Å². The number of furan rings is 1. The van der Waals surface area contributed by atoms with Crippen molar-refractivity contribution in [1.29, 1.82) is 0 Å². The topological polar surface area (TPSA) is 39.9 Å². The second-order valence-electron chi connectivity index (χ2n) is 24.7. The fourth-order valence-corrected chi connectivity index (χ4v) is 14.7. The first-order chi connectivity index (χ1) is 42.1. The van der Waals surface area contributed by atoms with Gasteiger partial charge in [-0.25, -0.2) is 0 Å². The number of benzene rings is 12. The van der Waals surface area contributed by atoms with E-state index in [1.807, 2.05) is 0 Å². The molecule has 1 aliphatic carbocycles. The zero-order chi connectivity index (χ0) is 58.7. The lowest BCUT2D eigenvalue weighted by atomic mass is 9.78. The van der Waals surface area contributed by atoms with Crippen molar-refractivity contribution < 1.29 is 9.52 Å². The molecule has 1 aromatic heterocycles. The maximum Gasteiger partial charge on any atom is 0.159 e. The Balaban J connectivity index is 1.08. The second-order valence-corrected chi connectivity index (χ2v) is 24.7. The number of rotatable bonds is 15. The van der Waals surface area contributed by atoms with Crippen LogP contribution in [0.2, 0.25) is 0 Å². The summed E-state index contributed by atoms with van der Waals surface area (Å²) < 4.78 is 7.36. The molecule has 4 heteroatoms. The van der Waals surface area contributed by atoms with Crippen LogP contribution in [0.4, 0.5) is 34.1 Å². The fraction of sp³-hybridized carbons (Fsp3) is 0.220. The molecule has 0 amide bonds. The third kappa shape index (κ3) is 9.46. The van der Waals surface area contributed by atoms with Crippen LogP contribution in [0.1, 0.15) is 122 Å². The molecule has 12 aromatic carbocycles. The third-order valence-corrected chi connectivity index (χ3v) is 19.4. The van der Waals surface area contributed by atoms with E-state index in [9.17, 15) is 5.11 Å². The molecular weight excluding hydrogens is 1040 g/mol. The normalized spacial score (nSPS) is 13.1. The molecule has 1 saturated carbocycles. The van der Waals surface area contributed by atoms with Crippen LogP contribution < -0.4 is 9.80 Å². The zero-order valence-corrected chi connectivity index (χ0v) is 50.9. The number of hydrogen-bond acceptors (Lipinski definition) is 4. The highest BCUT2D eigenvalue weighted by atomic mass is 16.3. The van der Waals surface area contributed by atoms with Crippen molar-refractivity contribution in [3.05, 3.63) is 245 Å². The first-order valence-electron chi connectivity index (χ1n) is 31.6. The average molecular weight is 1120 g/mol. The highest BCUT2D eigenvalue weighted by Crippen LogP contribution is 2.55. The Kier molecular flexibility index (Phi) is 14.5. The van der Waals surface area contributed by atoms with Gasteiger partial charge in [0.25, 0.3) is 0 Å². The van der Waals surface area contributed by atoms with Crippen LogP contribution in [0.15, 0.2) is 211 Å². The standard InChI is InChI=1S/C82H76N2O2/c1-8-22-56(23-9-2)72-49-76(83(61-40-38-51(3)54(6)46-61)74-36-20-32-64(80(74)85)60-30-18-29-59(48-60)63-31-17-16-24-53(63)5)70-44-43-67-73(58-27-14-11-15-28-58)50-77(71-45-42-66(72)78(70)79(67)71)84(62-41-39-52(4)55(7)47-62)75-37-21-35-69-68-34-19-33-65(81(68)86-82(69)75)57-25-12-10-13-26-57/h10,12-13,16-21,24-26,29-50,56,58,85H,8-9,11,14-15,22-23,27-28H2,1-7H3. The minimum atomic E-state index is 0.250. The van der Waals surface area contributed by atoms with Gasteiger partial charge in [0, 0.05) is 44.0 Å². The summed E-state index contributed by atoms with van der Waals surface area (Å²) in [6.07, 6.45) is 10.3. The van der Waals surface area contributed by atoms with E-state index in [1.54, 1.807) is 0 Å². The van der Waals surface area contributed by atoms with Crippen LogP contribution in [0.5, 0.6) is 5.75 Å². The van der Waals surface area contributed by atoms with Crippen molar-refractivity contribution >= 4 is 88.4 Å². The lowest BCUT2D eigenvalue weighted by Gasteiger charge is -2.33. The maximum atomic E-state index is 13.2. The van der Waals surface area contributed by atoms with Gasteiger partial charge in [0.15, 0.2) is 5.58 Å². The first-order valence-corrected chi connectivity index (χ1v) is 31.6. The minimum Gasteiger partial charge on any atom is -0.505 e. The van der Waals surface area contributed by atoms with Crippen LogP contribution in [0.25, 0.3) is 87.6 Å². The number of phenols is 1. The first kappa shape index (κ1) is 54.8. The summed E-state index contributed by atoms with van der Waals surface area (Å²) in [5, 5.41) is 23.0. The average Bonchev–Trinajstić information content (AvgIpc) is 0.880. The Bertz CT molecular complexity index is 4690. The van der Waals surface area contributed by atoms with Crippen molar-refractivity contribution in [3.8, 4) is 39.1 Å². The molecule has 0 saturated heterocycles. The number of para-hydroxylation sites is 3. The Morgan fingerprint density at radius 3 is 1.63 bits per heavy atom. The van der Waals surface area contributed by atoms with E-state index >= 15 is 0 Å². The van der Waals surface area contributed by atoms with Crippen molar-refractivity contribution in [2.45, 2.75) is 118 Å². The Morgan fingerprint density at radius 2 is 0.942 bits per heavy atom. The van der Waals surface area contributed by atoms with E-state index in [4.69, 9.17) is 4.42 Å². The molecule has 0 atom stereocenters. The molecule has 1 fully saturated rings. The molecule has 13 aromatic rings. The monoisotopic (exact) mass is 1120 g/mol. The molecule has 86 heavy (non-hydrogen) atoms. The van der Waals surface area contributed by atoms with Crippen molar-refractivity contribution in [2.75, 3.05) is 9.80 Å². The Hall–Kier alpha value is -9.12. The smallest absolute Gasteiger partial charge is 0.159 e. The van der Waals surface area contributed by atoms with E-state index in [0.29, 0.717) is 11.8 Å². The summed E-state index contributed by atoms with van der Waals surface area (Å²) in [6, 6.07) is 76.2. The molecule has 0 spiro atoms. The molecule has 0 unspecified atom stereocenters. The van der Waals surface area contributed by atoms with E-state index in [1.165, 1.54) is 90.7 Å². The highest BCUT2D eigenvalue weighted by Gasteiger charge is 2.31. The van der Waals surface area contributed by atoms with E-state index in [2.05, 4.69) is 265 Å². The zero-order valence-electron chi connectivity index (χ0n) is 50.9. The van der Waals surface area contributed by atoms with Gasteiger partial charge in [-0.05, 0) is 209 Å². The van der Waals surface area contributed by atoms with Crippen LogP contribution in [-0.4, -0.2) is 5.11 Å². The molecule has 426 valence electrons. The molecule has 1 heterocycles. The summed E-state index contributed by atoms with van der Waals surface area (Å²) in [4.78, 5) is 4.92. The number of aryl methyl sites for hydroxylation is 5. The minimum absolute atomic E-state index is 0.250. The lowest BCUT2D eigenvalue weighted by Crippen LogP contribution is -2.15. The summed E-state index contributed by atoms with van der Waals surface area (Å²) in [5.41, 5.74) is 23.1. The van der Waals surface area contributed by atoms with E-state index in [0.717, 1.165) is 128 Å². The SMILES string of the molecule is CCCC(CCC)c1cc(N(c2ccc(C)c(C)c2)c2cccc(-c3cccc(-c4ccccc4C)c3)c2O)c2ccc3c(C4CCCCC4)cc(N(c4ccc(C)c(C)c4)c4cccc5c4oc4c(-c6ccccc6)cccc45)c4ccc1c2c34. The predicted octanol–water partition coefficient (Wildman–Crippen LogP) is 24.4. The van der Waals surface area contributed by atoms with Gasteiger partial charge in [0.05, 0.1) is 22.7 Å². The largest absolute Gasteiger partial charge is 0.505 e. The predicted molar refractivity (Wildman–Crippen MR) is 367 cm³/mol. The number of fused-ring (bicyclic) bond motifs is 3. The summed E-state index contributed by atoms with van der Waals surface area (Å²) in [6.45, 7) is 15.7. The van der Waals surface area contributed by atoms with Gasteiger partial charge in [-0.2, -0.15) is 0 Å². The third-order valence-electron chi connectivity index (χ3n) is 19.4. The quantitative estimate of drug-likeness (QED) is 0.104. The van der Waals surface area contributed by atoms with Gasteiger partial charge < -0.3 is 19.3 Å². The number of phenolic OH excluding ortho intramolecular Hbond substituents is 1. The molecule has 0 bridgehead atoms. The number of hydrogen-bond donors (Lipinski definition) is 1. The van der Waals surface area contributed by atoms with Gasteiger partial charge in [-0.15, -0.1) is 0 Å². The Morgan fingerprint density at radius 1 is 0.407 bits per heavy atom. The summed E-state index contributed by atoms with van der Waals surface area (Å²) in [5.74, 6) is 0.960. The van der Waals surface area contributed by atoms with Crippen LogP contribution in [0.3, 0.4) is 0 Å². The van der Waals surface area contributed by atoms with E-state index < -0.39 is 0 Å². The summed E-state index contributed by atoms with van der Waals surface area (Å²) >= 11 is 0. The van der Waals surface area contributed by atoms with Gasteiger partial charge in [-0.1, -0.05) is 198 Å².